The predicted octanol–water partition coefficient (Wildman–Crippen LogP) is 4.49. The number of piperidine rings is 1. The Labute approximate surface area is 179 Å². The van der Waals surface area contributed by atoms with Gasteiger partial charge in [0.15, 0.2) is 0 Å². The molecule has 1 amide bonds. The molecule has 1 aliphatic heterocycles. The molecule has 2 aromatic rings. The van der Waals surface area contributed by atoms with Crippen LogP contribution in [-0.2, 0) is 16.6 Å². The van der Waals surface area contributed by atoms with Gasteiger partial charge in [-0.25, -0.2) is 0 Å². The third kappa shape index (κ3) is 4.44. The highest BCUT2D eigenvalue weighted by Gasteiger charge is 2.51. The average molecular weight is 415 g/mol. The summed E-state index contributed by atoms with van der Waals surface area (Å²) in [6, 6.07) is 11.8. The molecular formula is C24H31ClN2O2. The van der Waals surface area contributed by atoms with E-state index in [1.54, 1.807) is 42.8 Å². The van der Waals surface area contributed by atoms with E-state index in [0.717, 1.165) is 17.5 Å². The summed E-state index contributed by atoms with van der Waals surface area (Å²) in [4.78, 5) is 10.7. The monoisotopic (exact) mass is 414 g/mol. The molecule has 5 heteroatoms. The Hall–Kier alpha value is -2.04. The van der Waals surface area contributed by atoms with Crippen LogP contribution in [0.25, 0.3) is 6.08 Å². The van der Waals surface area contributed by atoms with Gasteiger partial charge in [-0.05, 0) is 61.4 Å². The molecule has 2 N–H and O–H groups in total. The molecule has 2 fully saturated rings. The fourth-order valence-electron chi connectivity index (χ4n) is 5.52. The van der Waals surface area contributed by atoms with Crippen molar-refractivity contribution in [1.29, 1.82) is 0 Å². The van der Waals surface area contributed by atoms with Gasteiger partial charge in [0.25, 0.3) is 0 Å². The van der Waals surface area contributed by atoms with Gasteiger partial charge in [0.1, 0.15) is 0 Å². The van der Waals surface area contributed by atoms with Crippen molar-refractivity contribution in [3.63, 3.8) is 0 Å². The second-order valence-electron chi connectivity index (χ2n) is 8.18. The lowest BCUT2D eigenvalue weighted by Crippen LogP contribution is -2.59. The molecule has 3 aliphatic rings. The molecule has 0 spiro atoms. The molecule has 2 aliphatic carbocycles. The number of rotatable bonds is 2. The zero-order chi connectivity index (χ0) is 19.4. The van der Waals surface area contributed by atoms with Crippen LogP contribution in [0, 0.1) is 5.92 Å². The van der Waals surface area contributed by atoms with Gasteiger partial charge in [0.2, 0.25) is 5.91 Å². The molecule has 0 unspecified atom stereocenters. The molecule has 3 atom stereocenters. The zero-order valence-electron chi connectivity index (χ0n) is 17.0. The number of nitrogens with one attached hydrogen (secondary N) is 2. The van der Waals surface area contributed by atoms with E-state index < -0.39 is 0 Å². The van der Waals surface area contributed by atoms with Crippen LogP contribution in [0.15, 0.2) is 53.4 Å². The highest BCUT2D eigenvalue weighted by Crippen LogP contribution is 2.53. The minimum Gasteiger partial charge on any atom is -0.472 e. The van der Waals surface area contributed by atoms with Crippen LogP contribution < -0.4 is 10.6 Å². The number of benzene rings is 1. The lowest BCUT2D eigenvalue weighted by molar-refractivity contribution is -0.115. The van der Waals surface area contributed by atoms with E-state index in [1.807, 2.05) is 0 Å². The third-order valence-corrected chi connectivity index (χ3v) is 6.77. The molecule has 4 nitrogen and oxygen atoms in total. The topological polar surface area (TPSA) is 54.3 Å². The molecule has 1 aromatic heterocycles. The van der Waals surface area contributed by atoms with Crippen molar-refractivity contribution < 1.29 is 9.21 Å². The lowest BCUT2D eigenvalue weighted by Gasteiger charge is -2.56. The maximum Gasteiger partial charge on any atom is 0.243 e. The quantitative estimate of drug-likeness (QED) is 0.711. The number of fused-ring (bicyclic) bond motifs is 1. The van der Waals surface area contributed by atoms with E-state index >= 15 is 0 Å². The number of likely N-dealkylation sites (N-methyl/N-ethyl adjacent to an activating group) is 1. The third-order valence-electron chi connectivity index (χ3n) is 6.77. The molecule has 156 valence electrons. The van der Waals surface area contributed by atoms with E-state index in [2.05, 4.69) is 34.9 Å². The fourth-order valence-corrected chi connectivity index (χ4v) is 5.52. The van der Waals surface area contributed by atoms with Crippen molar-refractivity contribution in [3.05, 3.63) is 65.6 Å². The summed E-state index contributed by atoms with van der Waals surface area (Å²) in [7, 11) is 1.59. The maximum absolute atomic E-state index is 10.7. The highest BCUT2D eigenvalue weighted by molar-refractivity contribution is 5.91. The van der Waals surface area contributed by atoms with Crippen molar-refractivity contribution in [2.45, 2.75) is 50.0 Å². The standard InChI is InChI=1S/C16H21N.C8H9NO2.ClH/c1-2-6-13-12(5-1)11-15-14-7-3-4-8-16(13,14)9-10-17-15;1-9-8(10)3-2-7-4-5-11-6-7;/h1-2,5-6,14-15,17H,3-4,7-11H2;2-6H,1H3,(H,9,10);1H/b;3-2+;/t14-,15+,16-;;/m0../s1. The van der Waals surface area contributed by atoms with Crippen molar-refractivity contribution in [3.8, 4) is 0 Å². The SMILES string of the molecule is CNC(=O)/C=C/c1ccoc1.Cl.c1ccc2c(c1)C[C@H]1NCC[C@@]23CCCC[C@@H]13. The van der Waals surface area contributed by atoms with Crippen molar-refractivity contribution in [1.82, 2.24) is 10.6 Å². The number of furan rings is 1. The molecule has 0 radical (unpaired) electrons. The van der Waals surface area contributed by atoms with E-state index in [1.165, 1.54) is 51.1 Å². The van der Waals surface area contributed by atoms with Crippen LogP contribution in [-0.4, -0.2) is 25.5 Å². The van der Waals surface area contributed by atoms with Gasteiger partial charge < -0.3 is 15.1 Å². The van der Waals surface area contributed by atoms with Gasteiger partial charge in [0, 0.05) is 30.1 Å². The van der Waals surface area contributed by atoms with E-state index in [4.69, 9.17) is 4.42 Å². The van der Waals surface area contributed by atoms with Crippen LogP contribution in [0.1, 0.15) is 48.8 Å². The van der Waals surface area contributed by atoms with E-state index in [9.17, 15) is 4.79 Å². The summed E-state index contributed by atoms with van der Waals surface area (Å²) in [6.45, 7) is 1.23. The molecule has 1 aromatic carbocycles. The van der Waals surface area contributed by atoms with Crippen LogP contribution in [0.2, 0.25) is 0 Å². The van der Waals surface area contributed by atoms with Gasteiger partial charge >= 0.3 is 0 Å². The van der Waals surface area contributed by atoms with E-state index in [-0.39, 0.29) is 18.3 Å². The van der Waals surface area contributed by atoms with Gasteiger partial charge in [-0.15, -0.1) is 12.4 Å². The summed E-state index contributed by atoms with van der Waals surface area (Å²) in [5.41, 5.74) is 4.77. The number of hydrogen-bond donors (Lipinski definition) is 2. The maximum atomic E-state index is 10.7. The first-order valence-electron chi connectivity index (χ1n) is 10.5. The van der Waals surface area contributed by atoms with Gasteiger partial charge in [-0.2, -0.15) is 0 Å². The molecule has 2 bridgehead atoms. The van der Waals surface area contributed by atoms with Crippen LogP contribution in [0.3, 0.4) is 0 Å². The van der Waals surface area contributed by atoms with Crippen molar-refractivity contribution in [2.75, 3.05) is 13.6 Å². The first-order valence-corrected chi connectivity index (χ1v) is 10.5. The second-order valence-corrected chi connectivity index (χ2v) is 8.18. The van der Waals surface area contributed by atoms with Gasteiger partial charge in [-0.1, -0.05) is 37.1 Å². The van der Waals surface area contributed by atoms with Gasteiger partial charge in [0.05, 0.1) is 12.5 Å². The summed E-state index contributed by atoms with van der Waals surface area (Å²) in [6.07, 6.45) is 14.7. The molecule has 1 saturated carbocycles. The number of hydrogen-bond acceptors (Lipinski definition) is 3. The van der Waals surface area contributed by atoms with Crippen molar-refractivity contribution in [2.24, 2.45) is 5.92 Å². The summed E-state index contributed by atoms with van der Waals surface area (Å²) in [5, 5.41) is 6.26. The van der Waals surface area contributed by atoms with Crippen LogP contribution in [0.4, 0.5) is 0 Å². The number of halogens is 1. The number of amides is 1. The smallest absolute Gasteiger partial charge is 0.243 e. The number of carbonyl (C=O) groups excluding carboxylic acids is 1. The lowest BCUT2D eigenvalue weighted by atomic mass is 9.53. The zero-order valence-corrected chi connectivity index (χ0v) is 17.8. The molecule has 1 saturated heterocycles. The van der Waals surface area contributed by atoms with Crippen LogP contribution in [0.5, 0.6) is 0 Å². The Morgan fingerprint density at radius 2 is 2.10 bits per heavy atom. The normalized spacial score (nSPS) is 26.9. The summed E-state index contributed by atoms with van der Waals surface area (Å²) >= 11 is 0. The Morgan fingerprint density at radius 3 is 2.90 bits per heavy atom. The molecular weight excluding hydrogens is 384 g/mol. The Morgan fingerprint density at radius 1 is 1.24 bits per heavy atom. The average Bonchev–Trinajstić information content (AvgIpc) is 3.26. The first kappa shape index (κ1) is 21.7. The van der Waals surface area contributed by atoms with Crippen LogP contribution >= 0.6 is 12.4 Å². The van der Waals surface area contributed by atoms with Gasteiger partial charge in [-0.3, -0.25) is 4.79 Å². The number of carbonyl (C=O) groups is 1. The molecule has 29 heavy (non-hydrogen) atoms. The Balaban J connectivity index is 0.000000177. The Kier molecular flexibility index (Phi) is 7.20. The van der Waals surface area contributed by atoms with Crippen molar-refractivity contribution >= 4 is 24.4 Å². The highest BCUT2D eigenvalue weighted by atomic mass is 35.5. The minimum absolute atomic E-state index is 0. The Bertz CT molecular complexity index is 829. The predicted molar refractivity (Wildman–Crippen MR) is 119 cm³/mol. The fraction of sp³-hybridized carbons (Fsp3) is 0.458. The van der Waals surface area contributed by atoms with E-state index in [0.29, 0.717) is 5.41 Å². The molecule has 2 heterocycles. The summed E-state index contributed by atoms with van der Waals surface area (Å²) in [5.74, 6) is 0.797. The second kappa shape index (κ2) is 9.64. The minimum atomic E-state index is -0.119. The molecule has 5 rings (SSSR count). The first-order chi connectivity index (χ1) is 13.7. The summed E-state index contributed by atoms with van der Waals surface area (Å²) < 4.78 is 4.80. The largest absolute Gasteiger partial charge is 0.472 e.